The van der Waals surface area contributed by atoms with E-state index in [2.05, 4.69) is 22.2 Å². The predicted molar refractivity (Wildman–Crippen MR) is 84.9 cm³/mol. The average molecular weight is 302 g/mol. The van der Waals surface area contributed by atoms with Gasteiger partial charge in [-0.15, -0.1) is 0 Å². The number of hydrogen-bond acceptors (Lipinski definition) is 6. The lowest BCUT2D eigenvalue weighted by molar-refractivity contribution is 0.128. The Balaban J connectivity index is 1.77. The van der Waals surface area contributed by atoms with Crippen LogP contribution in [0.4, 0.5) is 0 Å². The highest BCUT2D eigenvalue weighted by molar-refractivity contribution is 5.84. The highest BCUT2D eigenvalue weighted by atomic mass is 16.5. The van der Waals surface area contributed by atoms with Gasteiger partial charge in [-0.25, -0.2) is 9.97 Å². The van der Waals surface area contributed by atoms with Gasteiger partial charge in [-0.3, -0.25) is 5.73 Å². The van der Waals surface area contributed by atoms with Gasteiger partial charge in [0.1, 0.15) is 18.8 Å². The first-order valence-electron chi connectivity index (χ1n) is 7.73. The first-order chi connectivity index (χ1) is 10.8. The summed E-state index contributed by atoms with van der Waals surface area (Å²) in [6, 6.07) is 5.79. The highest BCUT2D eigenvalue weighted by Gasteiger charge is 2.21. The summed E-state index contributed by atoms with van der Waals surface area (Å²) in [6.07, 6.45) is 3.99. The smallest absolute Gasteiger partial charge is 0.225 e. The van der Waals surface area contributed by atoms with Gasteiger partial charge in [0.2, 0.25) is 5.88 Å². The summed E-state index contributed by atoms with van der Waals surface area (Å²) in [4.78, 5) is 8.38. The van der Waals surface area contributed by atoms with Crippen LogP contribution in [0, 0.1) is 5.92 Å². The predicted octanol–water partition coefficient (Wildman–Crippen LogP) is 1.69. The molecule has 0 spiro atoms. The number of nitrogens with zero attached hydrogens (tertiary/aromatic N) is 2. The van der Waals surface area contributed by atoms with E-state index in [1.807, 2.05) is 18.2 Å². The van der Waals surface area contributed by atoms with Crippen LogP contribution in [0.3, 0.4) is 0 Å². The van der Waals surface area contributed by atoms with Crippen molar-refractivity contribution in [1.82, 2.24) is 15.3 Å². The van der Waals surface area contributed by atoms with Crippen molar-refractivity contribution in [2.75, 3.05) is 19.8 Å². The summed E-state index contributed by atoms with van der Waals surface area (Å²) in [6.45, 7) is 4.38. The molecular formula is C16H22N4O2. The van der Waals surface area contributed by atoms with Gasteiger partial charge in [0.05, 0.1) is 17.0 Å². The maximum atomic E-state index is 6.11. The number of nitrogens with two attached hydrogens (primary N) is 1. The minimum absolute atomic E-state index is 0.0944. The third-order valence-electron chi connectivity index (χ3n) is 4.16. The monoisotopic (exact) mass is 302 g/mol. The van der Waals surface area contributed by atoms with E-state index in [1.165, 1.54) is 6.33 Å². The molecule has 3 rings (SSSR count). The van der Waals surface area contributed by atoms with E-state index in [1.54, 1.807) is 0 Å². The lowest BCUT2D eigenvalue weighted by Crippen LogP contribution is -2.35. The summed E-state index contributed by atoms with van der Waals surface area (Å²) >= 11 is 0. The first-order valence-corrected chi connectivity index (χ1v) is 7.73. The Labute approximate surface area is 130 Å². The molecule has 0 amide bonds. The summed E-state index contributed by atoms with van der Waals surface area (Å²) in [5.41, 5.74) is 6.22. The van der Waals surface area contributed by atoms with Crippen LogP contribution in [0.2, 0.25) is 0 Å². The Morgan fingerprint density at radius 2 is 2.14 bits per heavy atom. The molecule has 118 valence electrons. The molecule has 1 aliphatic rings. The molecule has 6 heteroatoms. The number of ether oxygens (including phenoxy) is 2. The van der Waals surface area contributed by atoms with Crippen molar-refractivity contribution < 1.29 is 9.47 Å². The van der Waals surface area contributed by atoms with Gasteiger partial charge in [0, 0.05) is 6.07 Å². The van der Waals surface area contributed by atoms with Crippen LogP contribution in [-0.2, 0) is 0 Å². The Morgan fingerprint density at radius 1 is 1.32 bits per heavy atom. The fourth-order valence-electron chi connectivity index (χ4n) is 2.90. The Bertz CT molecular complexity index is 629. The molecule has 1 aliphatic heterocycles. The van der Waals surface area contributed by atoms with Crippen molar-refractivity contribution in [3.63, 3.8) is 0 Å². The SMILES string of the molecule is CC(Oc1ccc2c(OCN)ncnc2c1)C1CCNCC1. The first kappa shape index (κ1) is 15.0. The second-order valence-corrected chi connectivity index (χ2v) is 5.58. The number of fused-ring (bicyclic) bond motifs is 1. The lowest BCUT2D eigenvalue weighted by Gasteiger charge is -2.28. The van der Waals surface area contributed by atoms with E-state index in [-0.39, 0.29) is 12.8 Å². The molecule has 0 radical (unpaired) electrons. The van der Waals surface area contributed by atoms with Gasteiger partial charge in [-0.1, -0.05) is 0 Å². The Morgan fingerprint density at radius 3 is 2.91 bits per heavy atom. The second-order valence-electron chi connectivity index (χ2n) is 5.58. The summed E-state index contributed by atoms with van der Waals surface area (Å²) < 4.78 is 11.4. The van der Waals surface area contributed by atoms with Gasteiger partial charge in [-0.2, -0.15) is 0 Å². The van der Waals surface area contributed by atoms with Gasteiger partial charge in [0.15, 0.2) is 0 Å². The topological polar surface area (TPSA) is 82.3 Å². The lowest BCUT2D eigenvalue weighted by atomic mass is 9.93. The number of nitrogens with one attached hydrogen (secondary N) is 1. The zero-order chi connectivity index (χ0) is 15.4. The molecule has 2 aromatic rings. The Kier molecular flexibility index (Phi) is 4.70. The maximum Gasteiger partial charge on any atom is 0.225 e. The van der Waals surface area contributed by atoms with E-state index in [9.17, 15) is 0 Å². The van der Waals surface area contributed by atoms with Crippen molar-refractivity contribution in [3.05, 3.63) is 24.5 Å². The molecule has 1 aromatic carbocycles. The van der Waals surface area contributed by atoms with E-state index < -0.39 is 0 Å². The molecule has 2 heterocycles. The van der Waals surface area contributed by atoms with Crippen LogP contribution in [0.15, 0.2) is 24.5 Å². The molecule has 1 saturated heterocycles. The van der Waals surface area contributed by atoms with Gasteiger partial charge in [-0.05, 0) is 50.9 Å². The maximum absolute atomic E-state index is 6.11. The molecule has 3 N–H and O–H groups in total. The summed E-state index contributed by atoms with van der Waals surface area (Å²) in [5, 5.41) is 4.22. The molecule has 0 aliphatic carbocycles. The van der Waals surface area contributed by atoms with Gasteiger partial charge < -0.3 is 14.8 Å². The minimum Gasteiger partial charge on any atom is -0.490 e. The number of aromatic nitrogens is 2. The van der Waals surface area contributed by atoms with Crippen LogP contribution in [0.25, 0.3) is 10.9 Å². The second kappa shape index (κ2) is 6.89. The van der Waals surface area contributed by atoms with Crippen LogP contribution < -0.4 is 20.5 Å². The molecule has 1 atom stereocenters. The molecular weight excluding hydrogens is 280 g/mol. The van der Waals surface area contributed by atoms with Crippen molar-refractivity contribution in [2.24, 2.45) is 11.7 Å². The minimum atomic E-state index is 0.0944. The van der Waals surface area contributed by atoms with Crippen LogP contribution >= 0.6 is 0 Å². The molecule has 0 saturated carbocycles. The molecule has 1 unspecified atom stereocenters. The van der Waals surface area contributed by atoms with E-state index in [4.69, 9.17) is 15.2 Å². The zero-order valence-electron chi connectivity index (χ0n) is 12.8. The van der Waals surface area contributed by atoms with Crippen LogP contribution in [0.5, 0.6) is 11.6 Å². The average Bonchev–Trinajstić information content (AvgIpc) is 2.56. The fourth-order valence-corrected chi connectivity index (χ4v) is 2.90. The molecule has 1 fully saturated rings. The number of benzene rings is 1. The van der Waals surface area contributed by atoms with E-state index in [0.29, 0.717) is 11.8 Å². The Hall–Kier alpha value is -1.92. The fraction of sp³-hybridized carbons (Fsp3) is 0.500. The number of hydrogen-bond donors (Lipinski definition) is 2. The largest absolute Gasteiger partial charge is 0.490 e. The van der Waals surface area contributed by atoms with Crippen molar-refractivity contribution in [3.8, 4) is 11.6 Å². The zero-order valence-corrected chi connectivity index (χ0v) is 12.8. The normalized spacial score (nSPS) is 17.4. The van der Waals surface area contributed by atoms with Crippen molar-refractivity contribution in [1.29, 1.82) is 0 Å². The van der Waals surface area contributed by atoms with E-state index in [0.717, 1.165) is 42.6 Å². The number of piperidine rings is 1. The quantitative estimate of drug-likeness (QED) is 0.818. The third kappa shape index (κ3) is 3.28. The molecule has 1 aromatic heterocycles. The van der Waals surface area contributed by atoms with Crippen molar-refractivity contribution >= 4 is 10.9 Å². The van der Waals surface area contributed by atoms with Gasteiger partial charge in [0.25, 0.3) is 0 Å². The molecule has 6 nitrogen and oxygen atoms in total. The summed E-state index contributed by atoms with van der Waals surface area (Å²) in [7, 11) is 0. The number of rotatable bonds is 5. The van der Waals surface area contributed by atoms with Crippen LogP contribution in [0.1, 0.15) is 19.8 Å². The highest BCUT2D eigenvalue weighted by Crippen LogP contribution is 2.27. The van der Waals surface area contributed by atoms with Gasteiger partial charge >= 0.3 is 0 Å². The third-order valence-corrected chi connectivity index (χ3v) is 4.16. The standard InChI is InChI=1S/C16H22N4O2/c1-11(12-4-6-18-7-5-12)22-13-2-3-14-15(8-13)19-10-20-16(14)21-9-17/h2-3,8,10-12,18H,4-7,9,17H2,1H3. The summed E-state index contributed by atoms with van der Waals surface area (Å²) in [5.74, 6) is 1.93. The molecule has 22 heavy (non-hydrogen) atoms. The molecule has 0 bridgehead atoms. The van der Waals surface area contributed by atoms with Crippen LogP contribution in [-0.4, -0.2) is 35.9 Å². The van der Waals surface area contributed by atoms with Crippen molar-refractivity contribution in [2.45, 2.75) is 25.9 Å². The van der Waals surface area contributed by atoms with E-state index >= 15 is 0 Å².